The maximum atomic E-state index is 14.1. The molecule has 0 bridgehead atoms. The molecule has 0 aliphatic carbocycles. The van der Waals surface area contributed by atoms with Crippen LogP contribution in [-0.4, -0.2) is 53.9 Å². The molecule has 2 aromatic carbocycles. The molecule has 1 aromatic heterocycles. The van der Waals surface area contributed by atoms with Gasteiger partial charge in [0.15, 0.2) is 0 Å². The van der Waals surface area contributed by atoms with E-state index >= 15 is 0 Å². The van der Waals surface area contributed by atoms with Crippen molar-refractivity contribution in [3.8, 4) is 11.6 Å². The maximum absolute atomic E-state index is 14.1. The molecule has 3 rings (SSSR count). The summed E-state index contributed by atoms with van der Waals surface area (Å²) in [5.74, 6) is -0.658. The molecule has 0 fully saturated rings. The lowest BCUT2D eigenvalue weighted by Gasteiger charge is -2.43. The van der Waals surface area contributed by atoms with E-state index in [2.05, 4.69) is 6.92 Å². The Morgan fingerprint density at radius 1 is 1.20 bits per heavy atom. The predicted octanol–water partition coefficient (Wildman–Crippen LogP) is 7.52. The number of hydrogen-bond donors (Lipinski definition) is 2. The number of carbonyl (C=O) groups excluding carboxylic acids is 1. The number of hydrogen-bond acceptors (Lipinski definition) is 4. The summed E-state index contributed by atoms with van der Waals surface area (Å²) in [5.41, 5.74) is 4.77. The number of quaternary nitrogens is 1. The predicted molar refractivity (Wildman–Crippen MR) is 156 cm³/mol. The molecule has 1 amide bonds. The highest BCUT2D eigenvalue weighted by Crippen LogP contribution is 2.49. The van der Waals surface area contributed by atoms with Gasteiger partial charge in [-0.2, -0.15) is 13.2 Å². The highest BCUT2D eigenvalue weighted by Gasteiger charge is 2.52. The standard InChI is InChI=1S/C31H39ClF3N3O3/c1-7-8-12-21-16-20-11-9-10-13-22(20)29(37-21)41-15-14-38(5,6)24(18-30(3,4)31(33,34)35)27-23(32)17-25(39)19(2)26(27)28(36)40/h9-11,13,16-17,24H,7-8,12,14-15,18H2,1-6H3,(H2-,36,39,40)/p+1/t24-/m1/s1. The van der Waals surface area contributed by atoms with Gasteiger partial charge in [-0.1, -0.05) is 57.0 Å². The molecule has 0 radical (unpaired) electrons. The number of fused-ring (bicyclic) bond motifs is 1. The summed E-state index contributed by atoms with van der Waals surface area (Å²) in [6.07, 6.45) is -2.09. The molecule has 3 aromatic rings. The van der Waals surface area contributed by atoms with Gasteiger partial charge in [0, 0.05) is 28.6 Å². The molecule has 224 valence electrons. The minimum Gasteiger partial charge on any atom is -0.508 e. The third-order valence-electron chi connectivity index (χ3n) is 7.90. The molecule has 0 saturated carbocycles. The zero-order valence-corrected chi connectivity index (χ0v) is 25.3. The number of aryl methyl sites for hydroxylation is 1. The number of halogens is 4. The van der Waals surface area contributed by atoms with E-state index in [0.29, 0.717) is 5.88 Å². The van der Waals surface area contributed by atoms with Crippen molar-refractivity contribution >= 4 is 28.3 Å². The van der Waals surface area contributed by atoms with Gasteiger partial charge in [0.25, 0.3) is 0 Å². The SMILES string of the molecule is CCCCc1cc2ccccc2c(OCC[N+](C)(C)[C@H](CC(C)(C)C(F)(F)F)c2c(Cl)cc(O)c(C)c2C(N)=O)n1. The van der Waals surface area contributed by atoms with Crippen LogP contribution in [0.5, 0.6) is 11.6 Å². The van der Waals surface area contributed by atoms with E-state index in [1.165, 1.54) is 13.0 Å². The Balaban J connectivity index is 2.02. The second-order valence-electron chi connectivity index (χ2n) is 11.9. The number of ether oxygens (including phenoxy) is 1. The van der Waals surface area contributed by atoms with Crippen molar-refractivity contribution in [1.29, 1.82) is 0 Å². The quantitative estimate of drug-likeness (QED) is 0.212. The van der Waals surface area contributed by atoms with Gasteiger partial charge in [-0.15, -0.1) is 0 Å². The number of nitrogens with two attached hydrogens (primary N) is 1. The lowest BCUT2D eigenvalue weighted by molar-refractivity contribution is -0.922. The van der Waals surface area contributed by atoms with Gasteiger partial charge in [-0.25, -0.2) is 4.98 Å². The second-order valence-corrected chi connectivity index (χ2v) is 12.3. The van der Waals surface area contributed by atoms with Gasteiger partial charge in [0.2, 0.25) is 11.8 Å². The minimum absolute atomic E-state index is 0.00279. The van der Waals surface area contributed by atoms with Gasteiger partial charge in [0.1, 0.15) is 24.9 Å². The number of primary amides is 1. The van der Waals surface area contributed by atoms with Crippen LogP contribution in [0.3, 0.4) is 0 Å². The third-order valence-corrected chi connectivity index (χ3v) is 8.21. The molecular formula is C31H40ClF3N3O3+. The van der Waals surface area contributed by atoms with Gasteiger partial charge in [-0.05, 0) is 43.4 Å². The van der Waals surface area contributed by atoms with E-state index in [0.717, 1.165) is 49.6 Å². The third kappa shape index (κ3) is 7.25. The van der Waals surface area contributed by atoms with Crippen LogP contribution in [0.4, 0.5) is 13.2 Å². The number of amides is 1. The minimum atomic E-state index is -4.52. The molecule has 0 aliphatic rings. The monoisotopic (exact) mass is 594 g/mol. The van der Waals surface area contributed by atoms with E-state index < -0.39 is 23.5 Å². The number of aromatic nitrogens is 1. The summed E-state index contributed by atoms with van der Waals surface area (Å²) in [6, 6.07) is 10.2. The van der Waals surface area contributed by atoms with E-state index in [4.69, 9.17) is 27.1 Å². The Morgan fingerprint density at radius 3 is 2.46 bits per heavy atom. The van der Waals surface area contributed by atoms with Crippen molar-refractivity contribution in [3.05, 3.63) is 63.8 Å². The topological polar surface area (TPSA) is 85.4 Å². The van der Waals surface area contributed by atoms with Gasteiger partial charge < -0.3 is 20.1 Å². The van der Waals surface area contributed by atoms with Crippen LogP contribution < -0.4 is 10.5 Å². The number of likely N-dealkylation sites (N-methyl/N-ethyl adjacent to an activating group) is 1. The first kappa shape index (κ1) is 32.5. The Morgan fingerprint density at radius 2 is 1.85 bits per heavy atom. The molecule has 1 heterocycles. The van der Waals surface area contributed by atoms with Crippen molar-refractivity contribution in [3.63, 3.8) is 0 Å². The normalized spacial score (nSPS) is 13.4. The first-order chi connectivity index (χ1) is 19.0. The van der Waals surface area contributed by atoms with Crippen molar-refractivity contribution in [2.45, 2.75) is 65.6 Å². The highest BCUT2D eigenvalue weighted by atomic mass is 35.5. The number of phenolic OH excluding ortho intramolecular Hbond substituents is 1. The summed E-state index contributed by atoms with van der Waals surface area (Å²) in [7, 11) is 3.54. The lowest BCUT2D eigenvalue weighted by atomic mass is 9.79. The van der Waals surface area contributed by atoms with Crippen LogP contribution in [0, 0.1) is 12.3 Å². The fraction of sp³-hybridized carbons (Fsp3) is 0.484. The maximum Gasteiger partial charge on any atom is 0.394 e. The van der Waals surface area contributed by atoms with Gasteiger partial charge in [-0.3, -0.25) is 4.79 Å². The first-order valence-corrected chi connectivity index (χ1v) is 14.1. The fourth-order valence-electron chi connectivity index (χ4n) is 5.05. The second kappa shape index (κ2) is 12.4. The zero-order chi connectivity index (χ0) is 30.8. The number of rotatable bonds is 12. The van der Waals surface area contributed by atoms with Gasteiger partial charge >= 0.3 is 6.18 Å². The number of alkyl halides is 3. The summed E-state index contributed by atoms with van der Waals surface area (Å²) >= 11 is 6.55. The van der Waals surface area contributed by atoms with Crippen LogP contribution in [-0.2, 0) is 6.42 Å². The Hall–Kier alpha value is -3.04. The van der Waals surface area contributed by atoms with E-state index in [1.807, 2.05) is 30.3 Å². The summed E-state index contributed by atoms with van der Waals surface area (Å²) < 4.78 is 48.6. The smallest absolute Gasteiger partial charge is 0.394 e. The Bertz CT molecular complexity index is 1410. The van der Waals surface area contributed by atoms with Crippen molar-refractivity contribution in [2.75, 3.05) is 27.2 Å². The Kier molecular flexibility index (Phi) is 9.86. The van der Waals surface area contributed by atoms with Crippen LogP contribution in [0.1, 0.15) is 73.3 Å². The molecule has 3 N–H and O–H groups in total. The van der Waals surface area contributed by atoms with E-state index in [1.54, 1.807) is 14.1 Å². The van der Waals surface area contributed by atoms with E-state index in [-0.39, 0.29) is 51.5 Å². The van der Waals surface area contributed by atoms with E-state index in [9.17, 15) is 23.1 Å². The summed E-state index contributed by atoms with van der Waals surface area (Å²) in [4.78, 5) is 17.3. The molecule has 6 nitrogen and oxygen atoms in total. The zero-order valence-electron chi connectivity index (χ0n) is 24.5. The van der Waals surface area contributed by atoms with Crippen LogP contribution in [0.25, 0.3) is 10.8 Å². The number of phenols is 1. The molecule has 1 atom stereocenters. The molecule has 10 heteroatoms. The molecule has 0 spiro atoms. The number of benzene rings is 2. The average Bonchev–Trinajstić information content (AvgIpc) is 2.87. The average molecular weight is 595 g/mol. The van der Waals surface area contributed by atoms with Crippen molar-refractivity contribution in [2.24, 2.45) is 11.1 Å². The fourth-order valence-corrected chi connectivity index (χ4v) is 5.37. The first-order valence-electron chi connectivity index (χ1n) is 13.7. The molecule has 0 aliphatic heterocycles. The largest absolute Gasteiger partial charge is 0.508 e. The summed E-state index contributed by atoms with van der Waals surface area (Å²) in [6.45, 7) is 6.26. The Labute approximate surface area is 244 Å². The van der Waals surface area contributed by atoms with Gasteiger partial charge in [0.05, 0.1) is 30.1 Å². The summed E-state index contributed by atoms with van der Waals surface area (Å²) in [5, 5.41) is 12.2. The number of nitrogens with zero attached hydrogens (tertiary/aromatic N) is 2. The highest BCUT2D eigenvalue weighted by molar-refractivity contribution is 6.32. The van der Waals surface area contributed by atoms with Crippen molar-refractivity contribution in [1.82, 2.24) is 4.98 Å². The van der Waals surface area contributed by atoms with Crippen LogP contribution >= 0.6 is 11.6 Å². The molecule has 0 unspecified atom stereocenters. The lowest BCUT2D eigenvalue weighted by Crippen LogP contribution is -2.49. The van der Waals surface area contributed by atoms with Crippen LogP contribution in [0.2, 0.25) is 5.02 Å². The molecular weight excluding hydrogens is 555 g/mol. The molecule has 0 saturated heterocycles. The molecule has 41 heavy (non-hydrogen) atoms. The van der Waals surface area contributed by atoms with Crippen molar-refractivity contribution < 1.29 is 32.3 Å². The van der Waals surface area contributed by atoms with Crippen LogP contribution in [0.15, 0.2) is 36.4 Å². The number of unbranched alkanes of at least 4 members (excludes halogenated alkanes) is 1. The number of pyridine rings is 1. The number of carbonyl (C=O) groups is 1. The number of aromatic hydroxyl groups is 1.